The predicted molar refractivity (Wildman–Crippen MR) is 157 cm³/mol. The number of fused-ring (bicyclic) bond motifs is 1. The summed E-state index contributed by atoms with van der Waals surface area (Å²) >= 11 is 0. The van der Waals surface area contributed by atoms with Crippen LogP contribution in [0.2, 0.25) is 0 Å². The van der Waals surface area contributed by atoms with E-state index in [2.05, 4.69) is 16.1 Å². The number of carbonyl (C=O) groups excluding carboxylic acids is 1. The van der Waals surface area contributed by atoms with Gasteiger partial charge in [0, 0.05) is 31.7 Å². The van der Waals surface area contributed by atoms with Crippen LogP contribution in [-0.2, 0) is 13.1 Å². The zero-order valence-corrected chi connectivity index (χ0v) is 23.4. The first kappa shape index (κ1) is 26.8. The molecule has 0 unspecified atom stereocenters. The van der Waals surface area contributed by atoms with Gasteiger partial charge in [-0.25, -0.2) is 9.50 Å². The first-order valence-electron chi connectivity index (χ1n) is 13.6. The van der Waals surface area contributed by atoms with Gasteiger partial charge in [0.1, 0.15) is 11.5 Å². The topological polar surface area (TPSA) is 109 Å². The Kier molecular flexibility index (Phi) is 7.39. The maximum atomic E-state index is 13.1. The Morgan fingerprint density at radius 1 is 0.929 bits per heavy atom. The number of methoxy groups -OCH3 is 2. The molecule has 1 aliphatic heterocycles. The molecule has 0 aliphatic carbocycles. The van der Waals surface area contributed by atoms with Crippen molar-refractivity contribution in [1.29, 1.82) is 5.26 Å². The number of benzene rings is 3. The molecule has 42 heavy (non-hydrogen) atoms. The van der Waals surface area contributed by atoms with Crippen LogP contribution in [0.3, 0.4) is 0 Å². The number of nitrogens with zero attached hydrogens (tertiary/aromatic N) is 7. The molecule has 5 aromatic rings. The zero-order valence-electron chi connectivity index (χ0n) is 23.4. The lowest BCUT2D eigenvalue weighted by Gasteiger charge is -2.29. The fourth-order valence-electron chi connectivity index (χ4n) is 4.83. The van der Waals surface area contributed by atoms with Gasteiger partial charge < -0.3 is 19.3 Å². The van der Waals surface area contributed by atoms with Gasteiger partial charge in [-0.2, -0.15) is 10.2 Å². The van der Waals surface area contributed by atoms with E-state index >= 15 is 0 Å². The van der Waals surface area contributed by atoms with Crippen molar-refractivity contribution in [3.8, 4) is 28.8 Å². The van der Waals surface area contributed by atoms with E-state index in [0.717, 1.165) is 34.6 Å². The molecule has 0 spiro atoms. The maximum Gasteiger partial charge on any atom is 0.293 e. The lowest BCUT2D eigenvalue weighted by Crippen LogP contribution is -2.42. The molecule has 1 saturated heterocycles. The van der Waals surface area contributed by atoms with Gasteiger partial charge in [-0.1, -0.05) is 36.4 Å². The van der Waals surface area contributed by atoms with E-state index in [1.165, 1.54) is 0 Å². The lowest BCUT2D eigenvalue weighted by molar-refractivity contribution is 0.0639. The molecule has 0 atom stereocenters. The van der Waals surface area contributed by atoms with Crippen LogP contribution in [0.1, 0.15) is 33.7 Å². The highest BCUT2D eigenvalue weighted by Gasteiger charge is 2.27. The predicted octanol–water partition coefficient (Wildman–Crippen LogP) is 4.73. The van der Waals surface area contributed by atoms with E-state index in [-0.39, 0.29) is 11.7 Å². The summed E-state index contributed by atoms with van der Waals surface area (Å²) in [6.45, 7) is 2.41. The van der Waals surface area contributed by atoms with Crippen molar-refractivity contribution < 1.29 is 14.3 Å². The van der Waals surface area contributed by atoms with Gasteiger partial charge in [0.25, 0.3) is 5.91 Å². The Bertz CT molecular complexity index is 1720. The molecule has 6 rings (SSSR count). The number of hydrogen-bond acceptors (Lipinski definition) is 8. The van der Waals surface area contributed by atoms with E-state index in [4.69, 9.17) is 19.4 Å². The minimum absolute atomic E-state index is 0.134. The minimum atomic E-state index is -0.194. The molecule has 0 radical (unpaired) electrons. The Balaban J connectivity index is 1.49. The zero-order chi connectivity index (χ0) is 29.1. The molecular formula is C32H29N7O3. The molecular weight excluding hydrogens is 530 g/mol. The molecule has 1 fully saturated rings. The van der Waals surface area contributed by atoms with Crippen LogP contribution in [0.4, 0.5) is 5.82 Å². The molecule has 10 nitrogen and oxygen atoms in total. The Morgan fingerprint density at radius 2 is 1.57 bits per heavy atom. The Morgan fingerprint density at radius 3 is 2.12 bits per heavy atom. The molecule has 10 heteroatoms. The number of ether oxygens (including phenoxy) is 2. The van der Waals surface area contributed by atoms with Crippen molar-refractivity contribution >= 4 is 17.4 Å². The average molecular weight is 560 g/mol. The second-order valence-electron chi connectivity index (χ2n) is 10.0. The van der Waals surface area contributed by atoms with Gasteiger partial charge in [-0.15, -0.1) is 5.10 Å². The monoisotopic (exact) mass is 559 g/mol. The minimum Gasteiger partial charge on any atom is -0.497 e. The van der Waals surface area contributed by atoms with Crippen LogP contribution in [0, 0.1) is 11.3 Å². The second kappa shape index (κ2) is 11.6. The number of carbonyl (C=O) groups is 1. The van der Waals surface area contributed by atoms with Crippen molar-refractivity contribution in [1.82, 2.24) is 24.5 Å². The quantitative estimate of drug-likeness (QED) is 0.255. The Hall–Kier alpha value is -5.43. The maximum absolute atomic E-state index is 13.1. The van der Waals surface area contributed by atoms with E-state index in [0.29, 0.717) is 48.9 Å². The van der Waals surface area contributed by atoms with Gasteiger partial charge in [0.05, 0.1) is 37.7 Å². The third-order valence-corrected chi connectivity index (χ3v) is 7.29. The molecule has 1 amide bonds. The molecule has 0 saturated carbocycles. The van der Waals surface area contributed by atoms with Crippen LogP contribution in [-0.4, -0.2) is 57.7 Å². The van der Waals surface area contributed by atoms with Crippen LogP contribution >= 0.6 is 0 Å². The van der Waals surface area contributed by atoms with E-state index in [1.807, 2.05) is 60.7 Å². The van der Waals surface area contributed by atoms with E-state index in [9.17, 15) is 10.1 Å². The summed E-state index contributed by atoms with van der Waals surface area (Å²) in [6, 6.07) is 25.2. The highest BCUT2D eigenvalue weighted by Crippen LogP contribution is 2.29. The largest absolute Gasteiger partial charge is 0.497 e. The number of rotatable bonds is 9. The van der Waals surface area contributed by atoms with E-state index < -0.39 is 0 Å². The molecule has 0 N–H and O–H groups in total. The van der Waals surface area contributed by atoms with Crippen molar-refractivity contribution in [3.63, 3.8) is 0 Å². The highest BCUT2D eigenvalue weighted by atomic mass is 16.5. The summed E-state index contributed by atoms with van der Waals surface area (Å²) in [5.41, 5.74) is 4.45. The lowest BCUT2D eigenvalue weighted by atomic mass is 10.1. The molecule has 210 valence electrons. The number of amides is 1. The first-order valence-corrected chi connectivity index (χ1v) is 13.6. The summed E-state index contributed by atoms with van der Waals surface area (Å²) in [5, 5.41) is 14.1. The third-order valence-electron chi connectivity index (χ3n) is 7.29. The van der Waals surface area contributed by atoms with Crippen LogP contribution < -0.4 is 14.4 Å². The van der Waals surface area contributed by atoms with Crippen molar-refractivity contribution in [2.24, 2.45) is 0 Å². The summed E-state index contributed by atoms with van der Waals surface area (Å²) in [4.78, 5) is 26.8. The summed E-state index contributed by atoms with van der Waals surface area (Å²) in [5.74, 6) is 2.05. The smallest absolute Gasteiger partial charge is 0.293 e. The van der Waals surface area contributed by atoms with Crippen molar-refractivity contribution in [2.75, 3.05) is 32.2 Å². The second-order valence-corrected chi connectivity index (χ2v) is 10.0. The molecule has 1 aliphatic rings. The standard InChI is InChI=1S/C32H29N7O3/c1-41-26-11-7-22(8-12-26)19-38(20-23-9-13-27(42-2)14-10-23)30-31-35-29(32(40)37-15-4-16-37)36-39(31)21-28(34-30)25-6-3-5-24(17-25)18-33/h3,5-14,17,21H,4,15-16,19-20H2,1-2H3. The van der Waals surface area contributed by atoms with Gasteiger partial charge in [-0.3, -0.25) is 4.79 Å². The van der Waals surface area contributed by atoms with Gasteiger partial charge in [0.15, 0.2) is 11.5 Å². The number of likely N-dealkylation sites (tertiary alicyclic amines) is 1. The van der Waals surface area contributed by atoms with Gasteiger partial charge in [-0.05, 0) is 53.9 Å². The van der Waals surface area contributed by atoms with Crippen LogP contribution in [0.5, 0.6) is 11.5 Å². The fraction of sp³-hybridized carbons (Fsp3) is 0.219. The summed E-state index contributed by atoms with van der Waals surface area (Å²) < 4.78 is 12.3. The summed E-state index contributed by atoms with van der Waals surface area (Å²) in [7, 11) is 3.28. The molecule has 3 heterocycles. The molecule has 0 bridgehead atoms. The van der Waals surface area contributed by atoms with Crippen molar-refractivity contribution in [2.45, 2.75) is 19.5 Å². The number of aromatic nitrogens is 4. The number of nitriles is 1. The molecule has 3 aromatic carbocycles. The number of hydrogen-bond donors (Lipinski definition) is 0. The van der Waals surface area contributed by atoms with E-state index in [1.54, 1.807) is 42.0 Å². The average Bonchev–Trinajstić information content (AvgIpc) is 3.45. The highest BCUT2D eigenvalue weighted by molar-refractivity contribution is 5.92. The van der Waals surface area contributed by atoms with Crippen molar-refractivity contribution in [3.05, 3.63) is 102 Å². The third kappa shape index (κ3) is 5.45. The normalized spacial score (nSPS) is 12.5. The SMILES string of the molecule is COc1ccc(CN(Cc2ccc(OC)cc2)c2nc(-c3cccc(C#N)c3)cn3nc(C(=O)N4CCC4)nc23)cc1. The Labute approximate surface area is 243 Å². The first-order chi connectivity index (χ1) is 20.5. The van der Waals surface area contributed by atoms with Gasteiger partial charge >= 0.3 is 0 Å². The van der Waals surface area contributed by atoms with Gasteiger partial charge in [0.2, 0.25) is 5.82 Å². The van der Waals surface area contributed by atoms with Crippen LogP contribution in [0.25, 0.3) is 16.9 Å². The number of anilines is 1. The summed E-state index contributed by atoms with van der Waals surface area (Å²) in [6.07, 6.45) is 2.73. The molecule has 2 aromatic heterocycles. The fourth-order valence-corrected chi connectivity index (χ4v) is 4.83. The van der Waals surface area contributed by atoms with Crippen LogP contribution in [0.15, 0.2) is 79.0 Å².